The molecule has 1 aromatic rings. The molecule has 57 heavy (non-hydrogen) atoms. The number of nitroso groups, excluding NO2 is 3. The van der Waals surface area contributed by atoms with E-state index in [1.54, 1.807) is 20.8 Å². The molecule has 6 amide bonds. The summed E-state index contributed by atoms with van der Waals surface area (Å²) in [5.74, 6) is 0.0590. The number of halogens is 3. The van der Waals surface area contributed by atoms with Gasteiger partial charge in [-0.05, 0) is 27.7 Å². The van der Waals surface area contributed by atoms with Crippen LogP contribution in [-0.4, -0.2) is 157 Å². The average molecular weight is 902 g/mol. The average Bonchev–Trinajstić information content (AvgIpc) is 3.18. The van der Waals surface area contributed by atoms with Crippen molar-refractivity contribution in [2.24, 2.45) is 15.9 Å². The molecule has 6 atom stereocenters. The molecule has 0 aliphatic carbocycles. The van der Waals surface area contributed by atoms with E-state index in [1.807, 2.05) is 0 Å². The first-order valence-electron chi connectivity index (χ1n) is 16.7. The van der Waals surface area contributed by atoms with E-state index in [1.165, 1.54) is 13.1 Å². The SMILES string of the molecule is CCOP(=O)(OCC)C(C)NC(=O)N(CCCl)N=O.Cc1ncc(CNC(=O)N(CCCl)N=O)c(N)n1.O=NN(CCCl)C(=O)N[C@@H]1[C@@H](O)[C@H](O)[C@@H](CO)O[C@@H]1O. The fourth-order valence-corrected chi connectivity index (χ4v) is 6.10. The number of rotatable bonds is 19. The number of aromatic nitrogens is 2. The number of amides is 6. The summed E-state index contributed by atoms with van der Waals surface area (Å²) >= 11 is 16.2. The number of aliphatic hydroxyl groups excluding tert-OH is 4. The quantitative estimate of drug-likeness (QED) is 0.0416. The van der Waals surface area contributed by atoms with Gasteiger partial charge in [0.1, 0.15) is 41.8 Å². The van der Waals surface area contributed by atoms with Gasteiger partial charge in [-0.15, -0.1) is 49.5 Å². The molecule has 1 aromatic heterocycles. The molecule has 26 nitrogen and oxygen atoms in total. The number of aliphatic hydroxyl groups is 4. The maximum absolute atomic E-state index is 12.3. The Bertz CT molecular complexity index is 1460. The molecule has 0 radical (unpaired) electrons. The molecule has 1 unspecified atom stereocenters. The van der Waals surface area contributed by atoms with Gasteiger partial charge in [0.15, 0.2) is 6.29 Å². The highest BCUT2D eigenvalue weighted by atomic mass is 35.5. The summed E-state index contributed by atoms with van der Waals surface area (Å²) in [6.45, 7) is 6.16. The fraction of sp³-hybridized carbons (Fsp3) is 0.741. The predicted molar refractivity (Wildman–Crippen MR) is 204 cm³/mol. The number of ether oxygens (including phenoxy) is 1. The number of nitrogens with one attached hydrogen (secondary N) is 3. The van der Waals surface area contributed by atoms with Crippen molar-refractivity contribution in [1.29, 1.82) is 0 Å². The zero-order valence-corrected chi connectivity index (χ0v) is 34.4. The molecule has 0 aromatic carbocycles. The molecule has 0 saturated carbocycles. The summed E-state index contributed by atoms with van der Waals surface area (Å²) in [5, 5.41) is 54.1. The number of hydrogen-bond donors (Lipinski definition) is 8. The Labute approximate surface area is 341 Å². The highest BCUT2D eigenvalue weighted by Gasteiger charge is 2.44. The largest absolute Gasteiger partial charge is 0.394 e. The molecule has 2 heterocycles. The minimum absolute atomic E-state index is 0.0385. The standard InChI is InChI=1S/C9H13ClN6O2.C9H16ClN3O7.C9H19ClN3O5P/c1-6-12-4-7(8(11)14-6)5-13-9(17)16(15-18)3-2-10;10-1-2-13(12-19)9(18)11-5-7(16)6(15)4(3-14)20-8(5)17;1-4-17-19(16,18-5-2)8(3)11-9(14)13(12-15)7-6-10/h4H,2-3,5H2,1H3,(H,13,17)(H2,11,12,14);4-8,14-17H,1-3H2,(H,11,18);8H,4-7H2,1-3H3,(H,11,14)/t;4-,5-,6-,7-,8+;/m.1./s1. The lowest BCUT2D eigenvalue weighted by Crippen LogP contribution is -2.65. The Kier molecular flexibility index (Phi) is 26.8. The van der Waals surface area contributed by atoms with Crippen molar-refractivity contribution in [3.05, 3.63) is 32.3 Å². The van der Waals surface area contributed by atoms with Crippen LogP contribution in [0.15, 0.2) is 22.1 Å². The van der Waals surface area contributed by atoms with Crippen molar-refractivity contribution in [2.75, 3.05) is 62.8 Å². The number of carbonyl (C=O) groups is 3. The van der Waals surface area contributed by atoms with Gasteiger partial charge in [-0.3, -0.25) is 4.57 Å². The Morgan fingerprint density at radius 1 is 0.930 bits per heavy atom. The van der Waals surface area contributed by atoms with Crippen LogP contribution in [0.5, 0.6) is 0 Å². The second-order valence-electron chi connectivity index (χ2n) is 10.9. The summed E-state index contributed by atoms with van der Waals surface area (Å²) in [4.78, 5) is 73.9. The summed E-state index contributed by atoms with van der Waals surface area (Å²) < 4.78 is 27.3. The minimum atomic E-state index is -3.47. The number of nitrogens with two attached hydrogens (primary N) is 1. The first-order chi connectivity index (χ1) is 27.0. The maximum atomic E-state index is 12.3. The lowest BCUT2D eigenvalue weighted by atomic mass is 9.97. The number of hydrogen-bond acceptors (Lipinski definition) is 20. The van der Waals surface area contributed by atoms with E-state index < -0.39 is 68.7 Å². The van der Waals surface area contributed by atoms with E-state index in [2.05, 4.69) is 41.8 Å². The number of anilines is 1. The van der Waals surface area contributed by atoms with Gasteiger partial charge in [0.05, 0.1) is 55.3 Å². The first-order valence-corrected chi connectivity index (χ1v) is 19.9. The third-order valence-corrected chi connectivity index (χ3v) is 9.77. The summed E-state index contributed by atoms with van der Waals surface area (Å²) in [6.07, 6.45) is -4.45. The van der Waals surface area contributed by atoms with Crippen LogP contribution in [0.3, 0.4) is 0 Å². The van der Waals surface area contributed by atoms with Gasteiger partial charge < -0.3 is 55.9 Å². The molecule has 1 fully saturated rings. The predicted octanol–water partition coefficient (Wildman–Crippen LogP) is 1.05. The normalized spacial score (nSPS) is 19.2. The van der Waals surface area contributed by atoms with E-state index in [9.17, 15) is 49.0 Å². The molecule has 9 N–H and O–H groups in total. The minimum Gasteiger partial charge on any atom is -0.394 e. The number of aryl methyl sites for hydroxylation is 1. The van der Waals surface area contributed by atoms with E-state index in [0.29, 0.717) is 26.4 Å². The molecule has 0 bridgehead atoms. The van der Waals surface area contributed by atoms with E-state index >= 15 is 0 Å². The van der Waals surface area contributed by atoms with E-state index in [-0.39, 0.29) is 62.9 Å². The van der Waals surface area contributed by atoms with Gasteiger partial charge in [-0.25, -0.2) is 24.4 Å². The molecule has 1 saturated heterocycles. The highest BCUT2D eigenvalue weighted by molar-refractivity contribution is 7.54. The molecule has 2 rings (SSSR count). The Morgan fingerprint density at radius 2 is 1.42 bits per heavy atom. The van der Waals surface area contributed by atoms with E-state index in [0.717, 1.165) is 0 Å². The zero-order valence-electron chi connectivity index (χ0n) is 31.2. The lowest BCUT2D eigenvalue weighted by Gasteiger charge is -2.40. The molecule has 326 valence electrons. The zero-order chi connectivity index (χ0) is 43.7. The van der Waals surface area contributed by atoms with Crippen molar-refractivity contribution >= 4 is 66.3 Å². The molecule has 1 aliphatic heterocycles. The fourth-order valence-electron chi connectivity index (χ4n) is 4.11. The number of nitrogens with zero attached hydrogens (tertiary/aromatic N) is 8. The van der Waals surface area contributed by atoms with Crippen LogP contribution < -0.4 is 21.7 Å². The van der Waals surface area contributed by atoms with Crippen LogP contribution in [0.4, 0.5) is 20.2 Å². The van der Waals surface area contributed by atoms with Gasteiger partial charge in [0, 0.05) is 35.9 Å². The topological polar surface area (TPSA) is 363 Å². The number of carbonyl (C=O) groups excluding carboxylic acids is 3. The summed E-state index contributed by atoms with van der Waals surface area (Å²) in [6, 6.07) is -3.85. The number of alkyl halides is 3. The Morgan fingerprint density at radius 3 is 1.86 bits per heavy atom. The summed E-state index contributed by atoms with van der Waals surface area (Å²) in [7, 11) is -3.47. The first kappa shape index (κ1) is 53.3. The van der Waals surface area contributed by atoms with Crippen molar-refractivity contribution in [2.45, 2.75) is 70.7 Å². The Balaban J connectivity index is 0.000000826. The monoisotopic (exact) mass is 900 g/mol. The van der Waals surface area contributed by atoms with Crippen molar-refractivity contribution in [3.8, 4) is 0 Å². The van der Waals surface area contributed by atoms with E-state index in [4.69, 9.17) is 59.4 Å². The van der Waals surface area contributed by atoms with Crippen molar-refractivity contribution in [1.82, 2.24) is 40.9 Å². The van der Waals surface area contributed by atoms with Gasteiger partial charge in [0.2, 0.25) is 0 Å². The van der Waals surface area contributed by atoms with Crippen LogP contribution in [0, 0.1) is 21.6 Å². The molecule has 1 aliphatic rings. The number of nitrogen functional groups attached to an aromatic ring is 1. The Hall–Kier alpha value is -3.69. The lowest BCUT2D eigenvalue weighted by molar-refractivity contribution is -0.252. The molecular formula is C27H48Cl3N12O14P. The smallest absolute Gasteiger partial charge is 0.352 e. The van der Waals surface area contributed by atoms with Crippen molar-refractivity contribution in [3.63, 3.8) is 0 Å². The van der Waals surface area contributed by atoms with Gasteiger partial charge in [-0.2, -0.15) is 15.0 Å². The third-order valence-electron chi connectivity index (χ3n) is 6.95. The van der Waals surface area contributed by atoms with Crippen molar-refractivity contribution < 1.29 is 53.2 Å². The van der Waals surface area contributed by atoms with Gasteiger partial charge in [0.25, 0.3) is 0 Å². The van der Waals surface area contributed by atoms with Gasteiger partial charge >= 0.3 is 25.7 Å². The second-order valence-corrected chi connectivity index (χ2v) is 14.4. The second kappa shape index (κ2) is 28.7. The van der Waals surface area contributed by atoms with Crippen LogP contribution in [-0.2, 0) is 24.9 Å². The highest BCUT2D eigenvalue weighted by Crippen LogP contribution is 2.51. The van der Waals surface area contributed by atoms with Gasteiger partial charge in [-0.1, -0.05) is 0 Å². The van der Waals surface area contributed by atoms with Crippen LogP contribution in [0.1, 0.15) is 32.2 Å². The van der Waals surface area contributed by atoms with Crippen LogP contribution in [0.2, 0.25) is 0 Å². The van der Waals surface area contributed by atoms with Crippen LogP contribution >= 0.6 is 42.4 Å². The molecule has 0 spiro atoms. The maximum Gasteiger partial charge on any atom is 0.352 e. The number of urea groups is 3. The third kappa shape index (κ3) is 18.2. The molecule has 30 heteroatoms. The summed E-state index contributed by atoms with van der Waals surface area (Å²) in [5.41, 5.74) is 6.21. The van der Waals surface area contributed by atoms with Crippen LogP contribution in [0.25, 0.3) is 0 Å². The molecular weight excluding hydrogens is 854 g/mol.